The molecule has 0 fully saturated rings. The summed E-state index contributed by atoms with van der Waals surface area (Å²) in [4.78, 5) is 24.4. The lowest BCUT2D eigenvalue weighted by Gasteiger charge is -2.11. The van der Waals surface area contributed by atoms with Crippen molar-refractivity contribution in [3.05, 3.63) is 82.8 Å². The molecule has 0 saturated heterocycles. The number of halogens is 1. The number of thioether (sulfide) groups is 1. The highest BCUT2D eigenvalue weighted by Crippen LogP contribution is 2.36. The molecule has 2 aromatic heterocycles. The standard InChI is InChI=1S/C28H26ClN3O4S/c1-3-34-26(33)14-22-15-30-28(37-22)23-12-18-11-21(36-20-9-7-17(2)8-10-20)13-24(27(18)32-23)35-16-19-5-4-6-25(29)31-19/h4-13,22,32H,3,14-16H2,1-2H3. The number of H-pyrrole nitrogens is 1. The molecule has 1 atom stereocenters. The predicted octanol–water partition coefficient (Wildman–Crippen LogP) is 6.71. The van der Waals surface area contributed by atoms with Crippen LogP contribution in [0, 0.1) is 6.92 Å². The van der Waals surface area contributed by atoms with Crippen molar-refractivity contribution >= 4 is 45.3 Å². The molecule has 0 aliphatic carbocycles. The van der Waals surface area contributed by atoms with Gasteiger partial charge in [0.15, 0.2) is 0 Å². The number of hydrogen-bond donors (Lipinski definition) is 1. The molecule has 1 aliphatic heterocycles. The summed E-state index contributed by atoms with van der Waals surface area (Å²) in [6.07, 6.45) is 0.335. The number of benzene rings is 2. The van der Waals surface area contributed by atoms with E-state index in [0.717, 1.165) is 38.6 Å². The van der Waals surface area contributed by atoms with E-state index in [2.05, 4.69) is 15.0 Å². The molecule has 0 amide bonds. The number of carbonyl (C=O) groups excluding carboxylic acids is 1. The SMILES string of the molecule is CCOC(=O)CC1CN=C(c2cc3cc(Oc4ccc(C)cc4)cc(OCc4cccc(Cl)n4)c3[nH]2)S1. The van der Waals surface area contributed by atoms with Crippen molar-refractivity contribution in [3.8, 4) is 17.2 Å². The molecule has 0 bridgehead atoms. The average Bonchev–Trinajstić information content (AvgIpc) is 3.51. The number of pyridine rings is 1. The summed E-state index contributed by atoms with van der Waals surface area (Å²) in [6.45, 7) is 5.04. The van der Waals surface area contributed by atoms with E-state index in [1.54, 1.807) is 17.8 Å². The smallest absolute Gasteiger partial charge is 0.306 e. The lowest BCUT2D eigenvalue weighted by atomic mass is 10.2. The van der Waals surface area contributed by atoms with Gasteiger partial charge in [-0.25, -0.2) is 4.98 Å². The molecular formula is C28H26ClN3O4S. The minimum atomic E-state index is -0.198. The third kappa shape index (κ3) is 6.26. The summed E-state index contributed by atoms with van der Waals surface area (Å²) < 4.78 is 17.4. The van der Waals surface area contributed by atoms with Crippen molar-refractivity contribution in [2.45, 2.75) is 32.1 Å². The summed E-state index contributed by atoms with van der Waals surface area (Å²) in [7, 11) is 0. The summed E-state index contributed by atoms with van der Waals surface area (Å²) in [5.41, 5.74) is 3.57. The third-order valence-electron chi connectivity index (χ3n) is 5.72. The number of ether oxygens (including phenoxy) is 3. The fourth-order valence-electron chi connectivity index (χ4n) is 3.98. The number of hydrogen-bond acceptors (Lipinski definition) is 7. The summed E-state index contributed by atoms with van der Waals surface area (Å²) >= 11 is 7.63. The number of carbonyl (C=O) groups is 1. The van der Waals surface area contributed by atoms with Gasteiger partial charge in [-0.05, 0) is 50.2 Å². The van der Waals surface area contributed by atoms with E-state index in [0.29, 0.717) is 36.2 Å². The molecule has 9 heteroatoms. The first kappa shape index (κ1) is 25.2. The van der Waals surface area contributed by atoms with Gasteiger partial charge in [-0.1, -0.05) is 47.1 Å². The highest BCUT2D eigenvalue weighted by atomic mass is 35.5. The number of esters is 1. The Kier molecular flexibility index (Phi) is 7.67. The fraction of sp³-hybridized carbons (Fsp3) is 0.250. The molecule has 0 radical (unpaired) electrons. The second kappa shape index (κ2) is 11.3. The van der Waals surface area contributed by atoms with Gasteiger partial charge in [0.05, 0.1) is 36.5 Å². The van der Waals surface area contributed by atoms with E-state index in [-0.39, 0.29) is 17.8 Å². The zero-order valence-corrected chi connectivity index (χ0v) is 22.1. The van der Waals surface area contributed by atoms with Gasteiger partial charge in [-0.15, -0.1) is 0 Å². The van der Waals surface area contributed by atoms with Crippen LogP contribution in [-0.2, 0) is 16.1 Å². The Labute approximate surface area is 224 Å². The number of aromatic nitrogens is 2. The van der Waals surface area contributed by atoms with Gasteiger partial charge in [0.2, 0.25) is 0 Å². The van der Waals surface area contributed by atoms with Crippen molar-refractivity contribution in [1.29, 1.82) is 0 Å². The van der Waals surface area contributed by atoms with E-state index >= 15 is 0 Å². The molecule has 4 aromatic rings. The van der Waals surface area contributed by atoms with Crippen LogP contribution < -0.4 is 9.47 Å². The molecule has 190 valence electrons. The quantitative estimate of drug-likeness (QED) is 0.189. The maximum absolute atomic E-state index is 11.9. The van der Waals surface area contributed by atoms with Gasteiger partial charge in [0, 0.05) is 16.7 Å². The molecule has 5 rings (SSSR count). The van der Waals surface area contributed by atoms with E-state index in [9.17, 15) is 4.79 Å². The average molecular weight is 536 g/mol. The maximum Gasteiger partial charge on any atom is 0.306 e. The predicted molar refractivity (Wildman–Crippen MR) is 147 cm³/mol. The van der Waals surface area contributed by atoms with E-state index < -0.39 is 0 Å². The Hall–Kier alpha value is -3.49. The Morgan fingerprint density at radius 2 is 1.97 bits per heavy atom. The van der Waals surface area contributed by atoms with Gasteiger partial charge >= 0.3 is 5.97 Å². The lowest BCUT2D eigenvalue weighted by Crippen LogP contribution is -2.14. The van der Waals surface area contributed by atoms with E-state index in [4.69, 9.17) is 25.8 Å². The molecule has 0 spiro atoms. The zero-order chi connectivity index (χ0) is 25.8. The molecule has 7 nitrogen and oxygen atoms in total. The van der Waals surface area contributed by atoms with Crippen molar-refractivity contribution in [2.24, 2.45) is 4.99 Å². The first-order valence-corrected chi connectivity index (χ1v) is 13.2. The van der Waals surface area contributed by atoms with Gasteiger partial charge in [0.25, 0.3) is 0 Å². The Bertz CT molecular complexity index is 1450. The molecule has 1 aliphatic rings. The molecule has 1 unspecified atom stereocenters. The highest BCUT2D eigenvalue weighted by Gasteiger charge is 2.25. The second-order valence-electron chi connectivity index (χ2n) is 8.62. The number of nitrogens with one attached hydrogen (secondary N) is 1. The Balaban J connectivity index is 1.42. The largest absolute Gasteiger partial charge is 0.485 e. The number of fused-ring (bicyclic) bond motifs is 1. The van der Waals surface area contributed by atoms with E-state index in [1.165, 1.54) is 0 Å². The first-order valence-electron chi connectivity index (χ1n) is 12.0. The molecule has 3 heterocycles. The second-order valence-corrected chi connectivity index (χ2v) is 10.3. The van der Waals surface area contributed by atoms with Gasteiger partial charge < -0.3 is 19.2 Å². The normalized spacial score (nSPS) is 15.0. The number of aryl methyl sites for hydroxylation is 1. The molecule has 37 heavy (non-hydrogen) atoms. The fourth-order valence-corrected chi connectivity index (χ4v) is 5.23. The number of aliphatic imine (C=N–C) groups is 1. The topological polar surface area (TPSA) is 85.8 Å². The molecular weight excluding hydrogens is 510 g/mol. The van der Waals surface area contributed by atoms with Crippen LogP contribution in [0.15, 0.2) is 65.7 Å². The van der Waals surface area contributed by atoms with Crippen molar-refractivity contribution in [3.63, 3.8) is 0 Å². The van der Waals surface area contributed by atoms with Crippen LogP contribution in [0.2, 0.25) is 5.15 Å². The van der Waals surface area contributed by atoms with Crippen molar-refractivity contribution in [2.75, 3.05) is 13.2 Å². The summed E-state index contributed by atoms with van der Waals surface area (Å²) in [5, 5.41) is 2.25. The minimum Gasteiger partial charge on any atom is -0.485 e. The van der Waals surface area contributed by atoms with Crippen LogP contribution in [0.25, 0.3) is 10.9 Å². The summed E-state index contributed by atoms with van der Waals surface area (Å²) in [6, 6.07) is 19.2. The van der Waals surface area contributed by atoms with Gasteiger partial charge in [-0.2, -0.15) is 0 Å². The zero-order valence-electron chi connectivity index (χ0n) is 20.5. The van der Waals surface area contributed by atoms with Crippen LogP contribution in [0.4, 0.5) is 0 Å². The van der Waals surface area contributed by atoms with Crippen molar-refractivity contribution in [1.82, 2.24) is 9.97 Å². The molecule has 0 saturated carbocycles. The van der Waals surface area contributed by atoms with Crippen LogP contribution in [-0.4, -0.2) is 39.4 Å². The van der Waals surface area contributed by atoms with Crippen molar-refractivity contribution < 1.29 is 19.0 Å². The summed E-state index contributed by atoms with van der Waals surface area (Å²) in [5.74, 6) is 1.81. The first-order chi connectivity index (χ1) is 18.0. The molecule has 2 aromatic carbocycles. The van der Waals surface area contributed by atoms with E-state index in [1.807, 2.05) is 68.4 Å². The monoisotopic (exact) mass is 535 g/mol. The maximum atomic E-state index is 11.9. The number of aromatic amines is 1. The minimum absolute atomic E-state index is 0.0607. The lowest BCUT2D eigenvalue weighted by molar-refractivity contribution is -0.143. The van der Waals surface area contributed by atoms with Gasteiger partial charge in [-0.3, -0.25) is 9.79 Å². The Morgan fingerprint density at radius 3 is 2.76 bits per heavy atom. The van der Waals surface area contributed by atoms with Crippen LogP contribution in [0.3, 0.4) is 0 Å². The van der Waals surface area contributed by atoms with Crippen LogP contribution >= 0.6 is 23.4 Å². The number of rotatable bonds is 9. The highest BCUT2D eigenvalue weighted by molar-refractivity contribution is 8.15. The van der Waals surface area contributed by atoms with Crippen LogP contribution in [0.1, 0.15) is 30.3 Å². The van der Waals surface area contributed by atoms with Crippen LogP contribution in [0.5, 0.6) is 17.2 Å². The third-order valence-corrected chi connectivity index (χ3v) is 7.15. The molecule has 1 N–H and O–H groups in total. The number of nitrogens with zero attached hydrogens (tertiary/aromatic N) is 2. The Morgan fingerprint density at radius 1 is 1.14 bits per heavy atom. The van der Waals surface area contributed by atoms with Gasteiger partial charge in [0.1, 0.15) is 34.1 Å².